The first-order valence-corrected chi connectivity index (χ1v) is 7.29. The number of nitrogens with zero attached hydrogens (tertiary/aromatic N) is 2. The summed E-state index contributed by atoms with van der Waals surface area (Å²) in [6, 6.07) is 14.0. The molecule has 0 aliphatic heterocycles. The molecule has 0 saturated carbocycles. The zero-order valence-electron chi connectivity index (χ0n) is 11.1. The van der Waals surface area contributed by atoms with E-state index in [0.717, 1.165) is 27.4 Å². The number of aromatic nitrogens is 2. The van der Waals surface area contributed by atoms with Crippen molar-refractivity contribution in [1.29, 1.82) is 0 Å². The Balaban J connectivity index is 2.25. The fraction of sp³-hybridized carbons (Fsp3) is 0.125. The van der Waals surface area contributed by atoms with Gasteiger partial charge in [-0.25, -0.2) is 9.97 Å². The van der Waals surface area contributed by atoms with E-state index in [1.54, 1.807) is 0 Å². The van der Waals surface area contributed by atoms with Crippen LogP contribution in [0.25, 0.3) is 22.3 Å². The van der Waals surface area contributed by atoms with Gasteiger partial charge in [-0.05, 0) is 30.2 Å². The molecule has 2 N–H and O–H groups in total. The van der Waals surface area contributed by atoms with Crippen molar-refractivity contribution in [2.24, 2.45) is 0 Å². The van der Waals surface area contributed by atoms with Crippen LogP contribution in [-0.2, 0) is 6.42 Å². The van der Waals surface area contributed by atoms with E-state index >= 15 is 0 Å². The molecule has 0 fully saturated rings. The van der Waals surface area contributed by atoms with Crippen LogP contribution in [0.4, 0.5) is 5.82 Å². The minimum absolute atomic E-state index is 0.511. The van der Waals surface area contributed by atoms with Gasteiger partial charge >= 0.3 is 0 Å². The van der Waals surface area contributed by atoms with E-state index in [-0.39, 0.29) is 0 Å². The van der Waals surface area contributed by atoms with Crippen LogP contribution in [-0.4, -0.2) is 9.97 Å². The Kier molecular flexibility index (Phi) is 3.40. The molecule has 0 unspecified atom stereocenters. The van der Waals surface area contributed by atoms with Crippen molar-refractivity contribution in [3.8, 4) is 11.4 Å². The number of halogens is 1. The number of anilines is 1. The minimum atomic E-state index is 0.511. The standard InChI is InChI=1S/C16H14BrN3/c1-2-10-5-3-4-6-12(10)16-19-14-8-7-11(17)9-13(14)15(18)20-16/h3-9H,2H2,1H3,(H2,18,19,20). The van der Waals surface area contributed by atoms with Crippen molar-refractivity contribution in [2.75, 3.05) is 5.73 Å². The van der Waals surface area contributed by atoms with Crippen molar-refractivity contribution in [1.82, 2.24) is 9.97 Å². The third-order valence-electron chi connectivity index (χ3n) is 3.33. The Morgan fingerprint density at radius 3 is 2.70 bits per heavy atom. The topological polar surface area (TPSA) is 51.8 Å². The fourth-order valence-corrected chi connectivity index (χ4v) is 2.65. The molecule has 1 heterocycles. The summed E-state index contributed by atoms with van der Waals surface area (Å²) >= 11 is 3.44. The monoisotopic (exact) mass is 327 g/mol. The third kappa shape index (κ3) is 2.27. The van der Waals surface area contributed by atoms with Gasteiger partial charge < -0.3 is 5.73 Å². The van der Waals surface area contributed by atoms with Gasteiger partial charge in [0.25, 0.3) is 0 Å². The molecule has 0 amide bonds. The van der Waals surface area contributed by atoms with E-state index < -0.39 is 0 Å². The lowest BCUT2D eigenvalue weighted by Crippen LogP contribution is -1.99. The van der Waals surface area contributed by atoms with Crippen molar-refractivity contribution >= 4 is 32.7 Å². The Morgan fingerprint density at radius 2 is 1.90 bits per heavy atom. The first-order chi connectivity index (χ1) is 9.69. The molecule has 0 aliphatic carbocycles. The number of aryl methyl sites for hydroxylation is 1. The number of rotatable bonds is 2. The van der Waals surface area contributed by atoms with E-state index in [1.165, 1.54) is 5.56 Å². The van der Waals surface area contributed by atoms with E-state index in [9.17, 15) is 0 Å². The van der Waals surface area contributed by atoms with Crippen LogP contribution in [0.1, 0.15) is 12.5 Å². The molecule has 1 aromatic heterocycles. The highest BCUT2D eigenvalue weighted by Gasteiger charge is 2.10. The number of hydrogen-bond donors (Lipinski definition) is 1. The molecule has 3 rings (SSSR count). The first kappa shape index (κ1) is 13.1. The highest BCUT2D eigenvalue weighted by molar-refractivity contribution is 9.10. The Bertz CT molecular complexity index is 784. The van der Waals surface area contributed by atoms with E-state index in [2.05, 4.69) is 38.9 Å². The van der Waals surface area contributed by atoms with Crippen molar-refractivity contribution in [3.63, 3.8) is 0 Å². The van der Waals surface area contributed by atoms with Crippen LogP contribution in [0.2, 0.25) is 0 Å². The molecule has 0 radical (unpaired) electrons. The molecule has 0 aliphatic rings. The van der Waals surface area contributed by atoms with Crippen molar-refractivity contribution in [3.05, 3.63) is 52.5 Å². The largest absolute Gasteiger partial charge is 0.383 e. The van der Waals surface area contributed by atoms with Gasteiger partial charge in [-0.3, -0.25) is 0 Å². The molecule has 2 aromatic carbocycles. The van der Waals surface area contributed by atoms with E-state index in [1.807, 2.05) is 36.4 Å². The SMILES string of the molecule is CCc1ccccc1-c1nc(N)c2cc(Br)ccc2n1. The Labute approximate surface area is 126 Å². The second-order valence-electron chi connectivity index (χ2n) is 4.60. The van der Waals surface area contributed by atoms with Crippen molar-refractivity contribution in [2.45, 2.75) is 13.3 Å². The number of fused-ring (bicyclic) bond motifs is 1. The van der Waals surface area contributed by atoms with Gasteiger partial charge in [0.15, 0.2) is 5.82 Å². The van der Waals surface area contributed by atoms with Gasteiger partial charge in [-0.1, -0.05) is 47.1 Å². The van der Waals surface area contributed by atoms with Gasteiger partial charge in [-0.2, -0.15) is 0 Å². The molecule has 0 bridgehead atoms. The summed E-state index contributed by atoms with van der Waals surface area (Å²) in [5.74, 6) is 1.20. The van der Waals surface area contributed by atoms with Gasteiger partial charge in [-0.15, -0.1) is 0 Å². The quantitative estimate of drug-likeness (QED) is 0.767. The highest BCUT2D eigenvalue weighted by Crippen LogP contribution is 2.27. The Hall–Kier alpha value is -1.94. The second kappa shape index (κ2) is 5.21. The van der Waals surface area contributed by atoms with Crippen LogP contribution >= 0.6 is 15.9 Å². The molecule has 3 nitrogen and oxygen atoms in total. The maximum absolute atomic E-state index is 6.08. The van der Waals surface area contributed by atoms with Gasteiger partial charge in [0.1, 0.15) is 5.82 Å². The van der Waals surface area contributed by atoms with E-state index in [4.69, 9.17) is 5.73 Å². The maximum Gasteiger partial charge on any atom is 0.162 e. The average molecular weight is 328 g/mol. The molecular formula is C16H14BrN3. The van der Waals surface area contributed by atoms with Crippen LogP contribution in [0.15, 0.2) is 46.9 Å². The summed E-state index contributed by atoms with van der Waals surface area (Å²) in [6.07, 6.45) is 0.942. The van der Waals surface area contributed by atoms with Crippen LogP contribution in [0.5, 0.6) is 0 Å². The van der Waals surface area contributed by atoms with Gasteiger partial charge in [0.05, 0.1) is 5.52 Å². The predicted molar refractivity (Wildman–Crippen MR) is 86.5 cm³/mol. The molecule has 0 saturated heterocycles. The predicted octanol–water partition coefficient (Wildman–Crippen LogP) is 4.20. The lowest BCUT2D eigenvalue weighted by Gasteiger charge is -2.09. The van der Waals surface area contributed by atoms with Crippen LogP contribution in [0, 0.1) is 0 Å². The molecule has 4 heteroatoms. The average Bonchev–Trinajstić information content (AvgIpc) is 2.47. The molecular weight excluding hydrogens is 314 g/mol. The third-order valence-corrected chi connectivity index (χ3v) is 3.82. The Morgan fingerprint density at radius 1 is 1.10 bits per heavy atom. The lowest BCUT2D eigenvalue weighted by molar-refractivity contribution is 1.12. The summed E-state index contributed by atoms with van der Waals surface area (Å²) in [4.78, 5) is 9.11. The smallest absolute Gasteiger partial charge is 0.162 e. The van der Waals surface area contributed by atoms with Crippen LogP contribution in [0.3, 0.4) is 0 Å². The lowest BCUT2D eigenvalue weighted by atomic mass is 10.0. The number of nitrogen functional groups attached to an aromatic ring is 1. The number of hydrogen-bond acceptors (Lipinski definition) is 3. The number of benzene rings is 2. The zero-order valence-corrected chi connectivity index (χ0v) is 12.7. The summed E-state index contributed by atoms with van der Waals surface area (Å²) in [7, 11) is 0. The van der Waals surface area contributed by atoms with E-state index in [0.29, 0.717) is 11.6 Å². The zero-order chi connectivity index (χ0) is 14.1. The highest BCUT2D eigenvalue weighted by atomic mass is 79.9. The molecule has 3 aromatic rings. The fourth-order valence-electron chi connectivity index (χ4n) is 2.29. The molecule has 100 valence electrons. The summed E-state index contributed by atoms with van der Waals surface area (Å²) in [5, 5.41) is 0.872. The number of nitrogens with two attached hydrogens (primary N) is 1. The minimum Gasteiger partial charge on any atom is -0.383 e. The molecule has 0 atom stereocenters. The van der Waals surface area contributed by atoms with Gasteiger partial charge in [0.2, 0.25) is 0 Å². The molecule has 20 heavy (non-hydrogen) atoms. The second-order valence-corrected chi connectivity index (χ2v) is 5.52. The summed E-state index contributed by atoms with van der Waals surface area (Å²) in [5.41, 5.74) is 9.22. The summed E-state index contributed by atoms with van der Waals surface area (Å²) in [6.45, 7) is 2.13. The van der Waals surface area contributed by atoms with Crippen molar-refractivity contribution < 1.29 is 0 Å². The maximum atomic E-state index is 6.08. The summed E-state index contributed by atoms with van der Waals surface area (Å²) < 4.78 is 0.974. The molecule has 0 spiro atoms. The van der Waals surface area contributed by atoms with Crippen LogP contribution < -0.4 is 5.73 Å². The first-order valence-electron chi connectivity index (χ1n) is 6.50. The van der Waals surface area contributed by atoms with Gasteiger partial charge in [0, 0.05) is 15.4 Å². The normalized spacial score (nSPS) is 10.9.